The molecule has 0 fully saturated rings. The van der Waals surface area contributed by atoms with Gasteiger partial charge in [0, 0.05) is 16.9 Å². The average Bonchev–Trinajstić information content (AvgIpc) is 3.60. The molecule has 1 aliphatic heterocycles. The molecule has 0 unspecified atom stereocenters. The Morgan fingerprint density at radius 3 is 2.67 bits per heavy atom. The smallest absolute Gasteiger partial charge is 0.262 e. The van der Waals surface area contributed by atoms with Crippen molar-refractivity contribution in [3.05, 3.63) is 88.8 Å². The molecule has 0 radical (unpaired) electrons. The van der Waals surface area contributed by atoms with E-state index < -0.39 is 0 Å². The van der Waals surface area contributed by atoms with Crippen LogP contribution in [0.2, 0.25) is 0 Å². The summed E-state index contributed by atoms with van der Waals surface area (Å²) in [5.41, 5.74) is 4.14. The molecule has 5 aromatic rings. The third kappa shape index (κ3) is 4.53. The Hall–Kier alpha value is -3.88. The molecule has 1 amide bonds. The Bertz CT molecular complexity index is 1530. The van der Waals surface area contributed by atoms with Crippen LogP contribution in [0.4, 0.5) is 5.00 Å². The predicted molar refractivity (Wildman–Crippen MR) is 144 cm³/mol. The van der Waals surface area contributed by atoms with Crippen LogP contribution in [-0.4, -0.2) is 24.3 Å². The number of hydrogen-bond donors (Lipinski definition) is 1. The summed E-state index contributed by atoms with van der Waals surface area (Å²) in [5, 5.41) is 4.76. The lowest BCUT2D eigenvalue weighted by Gasteiger charge is -2.07. The summed E-state index contributed by atoms with van der Waals surface area (Å²) in [6, 6.07) is 23.4. The molecule has 6 rings (SSSR count). The molecule has 1 N–H and O–H groups in total. The van der Waals surface area contributed by atoms with E-state index in [1.165, 1.54) is 0 Å². The molecular weight excluding hydrogens is 492 g/mol. The maximum atomic E-state index is 12.9. The van der Waals surface area contributed by atoms with Gasteiger partial charge in [-0.1, -0.05) is 36.4 Å². The van der Waals surface area contributed by atoms with Crippen LogP contribution in [0.5, 0.6) is 17.2 Å². The molecule has 2 aromatic heterocycles. The van der Waals surface area contributed by atoms with Gasteiger partial charge in [-0.2, -0.15) is 0 Å². The van der Waals surface area contributed by atoms with Crippen molar-refractivity contribution in [2.75, 3.05) is 18.7 Å². The molecule has 1 aliphatic rings. The van der Waals surface area contributed by atoms with Gasteiger partial charge in [-0.05, 0) is 54.4 Å². The Balaban J connectivity index is 1.32. The minimum Gasteiger partial charge on any atom is -0.484 e. The molecule has 8 heteroatoms. The van der Waals surface area contributed by atoms with Gasteiger partial charge in [0.15, 0.2) is 18.1 Å². The molecule has 0 saturated heterocycles. The highest BCUT2D eigenvalue weighted by Crippen LogP contribution is 2.44. The number of fused-ring (bicyclic) bond motifs is 2. The SMILES string of the molecule is Cc1c(Cc2ccc3c(c2)OCO3)sc(NC(=O)COc2ccccc2)c1-c1nc2ccccc2s1. The zero-order chi connectivity index (χ0) is 24.5. The molecule has 0 spiro atoms. The standard InChI is InChI=1S/C28H22N2O4S2/c1-17-24(14-18-11-12-21-22(13-18)34-16-33-21)36-28(30-25(31)15-32-19-7-3-2-4-8-19)26(17)27-29-20-9-5-6-10-23(20)35-27/h2-13H,14-16H2,1H3,(H,30,31). The van der Waals surface area contributed by atoms with Crippen molar-refractivity contribution in [1.29, 1.82) is 0 Å². The van der Waals surface area contributed by atoms with Gasteiger partial charge in [0.05, 0.1) is 10.2 Å². The normalized spacial score (nSPS) is 12.1. The first kappa shape index (κ1) is 22.6. The molecule has 0 aliphatic carbocycles. The highest BCUT2D eigenvalue weighted by Gasteiger charge is 2.22. The van der Waals surface area contributed by atoms with E-state index in [1.807, 2.05) is 60.7 Å². The Kier molecular flexibility index (Phi) is 6.04. The fraction of sp³-hybridized carbons (Fsp3) is 0.143. The van der Waals surface area contributed by atoms with Crippen molar-refractivity contribution in [3.8, 4) is 27.8 Å². The second-order valence-corrected chi connectivity index (χ2v) is 10.5. The minimum absolute atomic E-state index is 0.0717. The van der Waals surface area contributed by atoms with Crippen LogP contribution < -0.4 is 19.5 Å². The number of para-hydroxylation sites is 2. The molecule has 0 atom stereocenters. The van der Waals surface area contributed by atoms with E-state index in [-0.39, 0.29) is 19.3 Å². The number of ether oxygens (including phenoxy) is 3. The highest BCUT2D eigenvalue weighted by atomic mass is 32.1. The Morgan fingerprint density at radius 1 is 1.00 bits per heavy atom. The number of thiazole rings is 1. The number of amides is 1. The number of thiophene rings is 1. The van der Waals surface area contributed by atoms with Crippen molar-refractivity contribution in [1.82, 2.24) is 4.98 Å². The summed E-state index contributed by atoms with van der Waals surface area (Å²) in [5.74, 6) is 1.98. The minimum atomic E-state index is -0.211. The maximum Gasteiger partial charge on any atom is 0.262 e. The molecular formula is C28H22N2O4S2. The summed E-state index contributed by atoms with van der Waals surface area (Å²) in [6.45, 7) is 2.27. The first-order valence-electron chi connectivity index (χ1n) is 11.5. The van der Waals surface area contributed by atoms with Crippen LogP contribution in [0.1, 0.15) is 16.0 Å². The number of aromatic nitrogens is 1. The first-order chi connectivity index (χ1) is 17.6. The second kappa shape index (κ2) is 9.64. The van der Waals surface area contributed by atoms with Crippen molar-refractivity contribution in [2.24, 2.45) is 0 Å². The van der Waals surface area contributed by atoms with Crippen molar-refractivity contribution < 1.29 is 19.0 Å². The lowest BCUT2D eigenvalue weighted by Crippen LogP contribution is -2.19. The van der Waals surface area contributed by atoms with Crippen molar-refractivity contribution >= 4 is 43.8 Å². The molecule has 3 heterocycles. The molecule has 0 bridgehead atoms. The third-order valence-corrected chi connectivity index (χ3v) is 8.18. The Labute approximate surface area is 216 Å². The van der Waals surface area contributed by atoms with E-state index in [1.54, 1.807) is 22.7 Å². The number of hydrogen-bond acceptors (Lipinski definition) is 7. The van der Waals surface area contributed by atoms with E-state index >= 15 is 0 Å². The average molecular weight is 515 g/mol. The number of rotatable bonds is 7. The van der Waals surface area contributed by atoms with E-state index in [0.717, 1.165) is 53.3 Å². The molecule has 6 nitrogen and oxygen atoms in total. The van der Waals surface area contributed by atoms with Gasteiger partial charge in [0.2, 0.25) is 6.79 Å². The predicted octanol–water partition coefficient (Wildman–Crippen LogP) is 6.67. The van der Waals surface area contributed by atoms with E-state index in [9.17, 15) is 4.79 Å². The second-order valence-electron chi connectivity index (χ2n) is 8.36. The number of benzene rings is 3. The van der Waals surface area contributed by atoms with Gasteiger partial charge in [-0.15, -0.1) is 22.7 Å². The summed E-state index contributed by atoms with van der Waals surface area (Å²) in [6.07, 6.45) is 0.710. The maximum absolute atomic E-state index is 12.9. The Morgan fingerprint density at radius 2 is 1.81 bits per heavy atom. The van der Waals surface area contributed by atoms with Crippen LogP contribution in [0, 0.1) is 6.92 Å². The summed E-state index contributed by atoms with van der Waals surface area (Å²) < 4.78 is 17.8. The summed E-state index contributed by atoms with van der Waals surface area (Å²) in [7, 11) is 0. The number of carbonyl (C=O) groups is 1. The topological polar surface area (TPSA) is 69.7 Å². The van der Waals surface area contributed by atoms with E-state index in [4.69, 9.17) is 19.2 Å². The van der Waals surface area contributed by atoms with Gasteiger partial charge in [0.25, 0.3) is 5.91 Å². The van der Waals surface area contributed by atoms with Crippen LogP contribution in [0.25, 0.3) is 20.8 Å². The largest absolute Gasteiger partial charge is 0.484 e. The molecule has 0 saturated carbocycles. The lowest BCUT2D eigenvalue weighted by molar-refractivity contribution is -0.118. The zero-order valence-electron chi connectivity index (χ0n) is 19.4. The van der Waals surface area contributed by atoms with Gasteiger partial charge in [0.1, 0.15) is 15.8 Å². The van der Waals surface area contributed by atoms with Gasteiger partial charge in [-0.25, -0.2) is 4.98 Å². The van der Waals surface area contributed by atoms with Crippen LogP contribution in [0.3, 0.4) is 0 Å². The summed E-state index contributed by atoms with van der Waals surface area (Å²) in [4.78, 5) is 18.9. The first-order valence-corrected chi connectivity index (χ1v) is 13.1. The van der Waals surface area contributed by atoms with Crippen LogP contribution in [0.15, 0.2) is 72.8 Å². The number of nitrogens with one attached hydrogen (secondary N) is 1. The quantitative estimate of drug-likeness (QED) is 0.263. The van der Waals surface area contributed by atoms with Gasteiger partial charge < -0.3 is 19.5 Å². The number of nitrogens with zero attached hydrogens (tertiary/aromatic N) is 1. The monoisotopic (exact) mass is 514 g/mol. The molecule has 36 heavy (non-hydrogen) atoms. The number of anilines is 1. The van der Waals surface area contributed by atoms with Crippen molar-refractivity contribution in [2.45, 2.75) is 13.3 Å². The van der Waals surface area contributed by atoms with Gasteiger partial charge >= 0.3 is 0 Å². The van der Waals surface area contributed by atoms with Gasteiger partial charge in [-0.3, -0.25) is 4.79 Å². The number of carbonyl (C=O) groups excluding carboxylic acids is 1. The fourth-order valence-electron chi connectivity index (χ4n) is 4.12. The summed E-state index contributed by atoms with van der Waals surface area (Å²) >= 11 is 3.20. The third-order valence-electron chi connectivity index (χ3n) is 5.92. The van der Waals surface area contributed by atoms with Crippen LogP contribution in [-0.2, 0) is 11.2 Å². The zero-order valence-corrected chi connectivity index (χ0v) is 21.1. The van der Waals surface area contributed by atoms with E-state index in [0.29, 0.717) is 12.2 Å². The fourth-order valence-corrected chi connectivity index (χ4v) is 6.51. The lowest BCUT2D eigenvalue weighted by atomic mass is 10.1. The van der Waals surface area contributed by atoms with E-state index in [2.05, 4.69) is 24.4 Å². The molecule has 180 valence electrons. The molecule has 3 aromatic carbocycles. The highest BCUT2D eigenvalue weighted by molar-refractivity contribution is 7.22. The van der Waals surface area contributed by atoms with Crippen LogP contribution >= 0.6 is 22.7 Å². The van der Waals surface area contributed by atoms with Crippen molar-refractivity contribution in [3.63, 3.8) is 0 Å².